The van der Waals surface area contributed by atoms with Crippen molar-refractivity contribution in [1.29, 1.82) is 0 Å². The summed E-state index contributed by atoms with van der Waals surface area (Å²) in [5.41, 5.74) is 7.45. The van der Waals surface area contributed by atoms with Crippen LogP contribution in [0.25, 0.3) is 10.9 Å². The Labute approximate surface area is 172 Å². The van der Waals surface area contributed by atoms with Gasteiger partial charge in [0.05, 0.1) is 12.1 Å². The lowest BCUT2D eigenvalue weighted by atomic mass is 9.86. The van der Waals surface area contributed by atoms with Gasteiger partial charge in [-0.25, -0.2) is 0 Å². The zero-order valence-electron chi connectivity index (χ0n) is 17.5. The minimum Gasteiger partial charge on any atom is -0.348 e. The van der Waals surface area contributed by atoms with Gasteiger partial charge in [-0.15, -0.1) is 0 Å². The molecule has 148 valence electrons. The van der Waals surface area contributed by atoms with Crippen molar-refractivity contribution in [1.82, 2.24) is 9.47 Å². The second kappa shape index (κ2) is 6.91. The lowest BCUT2D eigenvalue weighted by molar-refractivity contribution is -0.129. The Bertz CT molecular complexity index is 1120. The van der Waals surface area contributed by atoms with Crippen LogP contribution in [-0.2, 0) is 11.8 Å². The summed E-state index contributed by atoms with van der Waals surface area (Å²) >= 11 is 0. The fourth-order valence-electron chi connectivity index (χ4n) is 5.42. The number of amides is 1. The molecule has 0 N–H and O–H groups in total. The number of hydrogen-bond acceptors (Lipinski definition) is 1. The quantitative estimate of drug-likeness (QED) is 0.543. The molecule has 0 fully saturated rings. The van der Waals surface area contributed by atoms with Gasteiger partial charge in [-0.1, -0.05) is 48.5 Å². The minimum absolute atomic E-state index is 0.0395. The van der Waals surface area contributed by atoms with Gasteiger partial charge < -0.3 is 9.47 Å². The number of aryl methyl sites for hydroxylation is 1. The molecule has 3 nitrogen and oxygen atoms in total. The zero-order valence-corrected chi connectivity index (χ0v) is 17.5. The predicted molar refractivity (Wildman–Crippen MR) is 118 cm³/mol. The summed E-state index contributed by atoms with van der Waals surface area (Å²) in [5, 5.41) is 1.27. The lowest BCUT2D eigenvalue weighted by Gasteiger charge is -2.34. The van der Waals surface area contributed by atoms with E-state index in [0.717, 1.165) is 24.8 Å². The zero-order chi connectivity index (χ0) is 20.1. The van der Waals surface area contributed by atoms with E-state index >= 15 is 0 Å². The highest BCUT2D eigenvalue weighted by atomic mass is 16.2. The van der Waals surface area contributed by atoms with Gasteiger partial charge in [0.2, 0.25) is 0 Å². The van der Waals surface area contributed by atoms with Crippen molar-refractivity contribution in [2.75, 3.05) is 0 Å². The average molecular weight is 385 g/mol. The largest absolute Gasteiger partial charge is 0.348 e. The monoisotopic (exact) mass is 384 g/mol. The molecule has 1 amide bonds. The molecule has 2 heterocycles. The van der Waals surface area contributed by atoms with Crippen LogP contribution in [0.5, 0.6) is 0 Å². The molecule has 0 radical (unpaired) electrons. The Morgan fingerprint density at radius 2 is 1.66 bits per heavy atom. The third kappa shape index (κ3) is 2.67. The third-order valence-electron chi connectivity index (χ3n) is 7.03. The van der Waals surface area contributed by atoms with E-state index in [9.17, 15) is 4.79 Å². The van der Waals surface area contributed by atoms with Crippen molar-refractivity contribution in [3.05, 3.63) is 82.6 Å². The van der Waals surface area contributed by atoms with Crippen LogP contribution in [0.2, 0.25) is 0 Å². The van der Waals surface area contributed by atoms with E-state index in [0.29, 0.717) is 0 Å². The summed E-state index contributed by atoms with van der Waals surface area (Å²) in [6.07, 6.45) is 4.26. The van der Waals surface area contributed by atoms with Gasteiger partial charge in [-0.2, -0.15) is 0 Å². The van der Waals surface area contributed by atoms with E-state index < -0.39 is 0 Å². The Morgan fingerprint density at radius 1 is 0.966 bits per heavy atom. The summed E-state index contributed by atoms with van der Waals surface area (Å²) in [6.45, 7) is 4.38. The molecule has 2 aromatic carbocycles. The van der Waals surface area contributed by atoms with E-state index in [4.69, 9.17) is 0 Å². The molecular weight excluding hydrogens is 356 g/mol. The van der Waals surface area contributed by atoms with Crippen LogP contribution in [0, 0.1) is 6.92 Å². The van der Waals surface area contributed by atoms with Crippen molar-refractivity contribution in [2.24, 2.45) is 7.05 Å². The molecule has 0 saturated carbocycles. The van der Waals surface area contributed by atoms with Crippen LogP contribution in [0.3, 0.4) is 0 Å². The Morgan fingerprint density at radius 3 is 2.45 bits per heavy atom. The van der Waals surface area contributed by atoms with Gasteiger partial charge in [-0.05, 0) is 56.7 Å². The lowest BCUT2D eigenvalue weighted by Crippen LogP contribution is -2.33. The molecule has 0 saturated heterocycles. The van der Waals surface area contributed by atoms with Crippen molar-refractivity contribution in [3.63, 3.8) is 0 Å². The van der Waals surface area contributed by atoms with Gasteiger partial charge in [0, 0.05) is 34.8 Å². The third-order valence-corrected chi connectivity index (χ3v) is 7.03. The highest BCUT2D eigenvalue weighted by Crippen LogP contribution is 2.50. The predicted octanol–water partition coefficient (Wildman–Crippen LogP) is 6.00. The van der Waals surface area contributed by atoms with Crippen LogP contribution in [0.4, 0.5) is 0 Å². The molecule has 0 bridgehead atoms. The van der Waals surface area contributed by atoms with Crippen LogP contribution in [0.1, 0.15) is 61.5 Å². The number of para-hydroxylation sites is 1. The molecule has 3 aromatic rings. The topological polar surface area (TPSA) is 25.2 Å². The molecule has 1 aliphatic carbocycles. The molecule has 1 aliphatic heterocycles. The van der Waals surface area contributed by atoms with E-state index in [1.807, 2.05) is 6.07 Å². The van der Waals surface area contributed by atoms with Crippen LogP contribution < -0.4 is 0 Å². The van der Waals surface area contributed by atoms with Gasteiger partial charge in [0.1, 0.15) is 0 Å². The standard InChI is InChI=1S/C26H28N2O/c1-17(19-11-5-4-6-12-19)28-25(20-13-7-8-14-21(20)26(28)29)24-18(2)27(3)23-16-10-9-15-22(23)24/h4-6,9-12,15-17,25H,7-8,13-14H2,1-3H3/t17-,25-/m0/s1. The molecule has 2 aliphatic rings. The highest BCUT2D eigenvalue weighted by Gasteiger charge is 2.44. The molecule has 2 atom stereocenters. The Kier molecular flexibility index (Phi) is 4.34. The van der Waals surface area contributed by atoms with E-state index in [2.05, 4.69) is 78.9 Å². The fourth-order valence-corrected chi connectivity index (χ4v) is 5.42. The fraction of sp³-hybridized carbons (Fsp3) is 0.346. The van der Waals surface area contributed by atoms with E-state index in [-0.39, 0.29) is 18.0 Å². The first-order valence-corrected chi connectivity index (χ1v) is 10.7. The van der Waals surface area contributed by atoms with E-state index in [1.54, 1.807) is 0 Å². The van der Waals surface area contributed by atoms with Gasteiger partial charge in [-0.3, -0.25) is 4.79 Å². The second-order valence-corrected chi connectivity index (χ2v) is 8.49. The summed E-state index contributed by atoms with van der Waals surface area (Å²) in [7, 11) is 2.14. The van der Waals surface area contributed by atoms with Gasteiger partial charge >= 0.3 is 0 Å². The van der Waals surface area contributed by atoms with Crippen LogP contribution in [0.15, 0.2) is 65.7 Å². The van der Waals surface area contributed by atoms with Crippen molar-refractivity contribution in [3.8, 4) is 0 Å². The number of carbonyl (C=O) groups is 1. The first-order chi connectivity index (χ1) is 14.1. The first kappa shape index (κ1) is 18.2. The molecule has 0 spiro atoms. The molecule has 5 rings (SSSR count). The average Bonchev–Trinajstić information content (AvgIpc) is 3.19. The van der Waals surface area contributed by atoms with Gasteiger partial charge in [0.15, 0.2) is 0 Å². The number of hydrogen-bond donors (Lipinski definition) is 0. The summed E-state index contributed by atoms with van der Waals surface area (Å²) in [4.78, 5) is 15.8. The first-order valence-electron chi connectivity index (χ1n) is 10.7. The maximum Gasteiger partial charge on any atom is 0.251 e. The molecule has 1 aromatic heterocycles. The summed E-state index contributed by atoms with van der Waals surface area (Å²) in [5.74, 6) is 0.244. The minimum atomic E-state index is 0.0395. The van der Waals surface area contributed by atoms with Crippen molar-refractivity contribution < 1.29 is 4.79 Å². The number of carbonyl (C=O) groups excluding carboxylic acids is 1. The smallest absolute Gasteiger partial charge is 0.251 e. The van der Waals surface area contributed by atoms with Crippen molar-refractivity contribution in [2.45, 2.75) is 51.6 Å². The SMILES string of the molecule is Cc1c([C@@H]2C3=C(CCCC3)C(=O)N2[C@@H](C)c2ccccc2)c2ccccc2n1C. The van der Waals surface area contributed by atoms with E-state index in [1.165, 1.54) is 39.7 Å². The normalized spacial score (nSPS) is 20.4. The highest BCUT2D eigenvalue weighted by molar-refractivity contribution is 5.99. The number of fused-ring (bicyclic) bond motifs is 1. The van der Waals surface area contributed by atoms with Gasteiger partial charge in [0.25, 0.3) is 5.91 Å². The maximum atomic E-state index is 13.7. The number of rotatable bonds is 3. The molecule has 29 heavy (non-hydrogen) atoms. The molecule has 0 unspecified atom stereocenters. The second-order valence-electron chi connectivity index (χ2n) is 8.49. The number of benzene rings is 2. The summed E-state index contributed by atoms with van der Waals surface area (Å²) in [6, 6.07) is 19.2. The van der Waals surface area contributed by atoms with Crippen LogP contribution in [-0.4, -0.2) is 15.4 Å². The number of nitrogens with zero attached hydrogens (tertiary/aromatic N) is 2. The van der Waals surface area contributed by atoms with Crippen LogP contribution >= 0.6 is 0 Å². The Balaban J connectivity index is 1.73. The Hall–Kier alpha value is -2.81. The maximum absolute atomic E-state index is 13.7. The van der Waals surface area contributed by atoms with Crippen molar-refractivity contribution >= 4 is 16.8 Å². The summed E-state index contributed by atoms with van der Waals surface area (Å²) < 4.78 is 2.28. The molecular formula is C26H28N2O. The number of aromatic nitrogens is 1. The molecule has 3 heteroatoms.